The maximum atomic E-state index is 11.9. The van der Waals surface area contributed by atoms with E-state index in [0.717, 1.165) is 11.1 Å². The number of carbonyl (C=O) groups excluding carboxylic acids is 1. The molecule has 1 amide bonds. The third-order valence-corrected chi connectivity index (χ3v) is 2.84. The Morgan fingerprint density at radius 2 is 1.76 bits per heavy atom. The molecular weight excluding hydrogens is 212 g/mol. The molecule has 0 aliphatic carbocycles. The molecule has 1 aromatic rings. The molecule has 0 aliphatic heterocycles. The van der Waals surface area contributed by atoms with E-state index in [1.54, 1.807) is 0 Å². The highest BCUT2D eigenvalue weighted by atomic mass is 16.1. The number of nitrogens with two attached hydrogens (primary N) is 1. The molecule has 0 aliphatic rings. The van der Waals surface area contributed by atoms with E-state index in [1.807, 2.05) is 39.8 Å². The minimum atomic E-state index is -0.0482. The minimum Gasteiger partial charge on any atom is -0.350 e. The van der Waals surface area contributed by atoms with Gasteiger partial charge in [-0.3, -0.25) is 4.79 Å². The number of amides is 1. The number of benzene rings is 1. The van der Waals surface area contributed by atoms with Gasteiger partial charge in [0, 0.05) is 18.2 Å². The predicted octanol–water partition coefficient (Wildman–Crippen LogP) is 2.02. The van der Waals surface area contributed by atoms with Gasteiger partial charge in [0.25, 0.3) is 5.91 Å². The van der Waals surface area contributed by atoms with Gasteiger partial charge < -0.3 is 11.1 Å². The monoisotopic (exact) mass is 234 g/mol. The summed E-state index contributed by atoms with van der Waals surface area (Å²) in [6.07, 6.45) is 0. The fourth-order valence-corrected chi connectivity index (χ4v) is 1.65. The Balaban J connectivity index is 2.64. The Labute approximate surface area is 103 Å². The lowest BCUT2D eigenvalue weighted by atomic mass is 10.0. The number of nitrogens with one attached hydrogen (secondary N) is 1. The van der Waals surface area contributed by atoms with Crippen molar-refractivity contribution in [2.75, 3.05) is 6.54 Å². The van der Waals surface area contributed by atoms with E-state index in [9.17, 15) is 4.79 Å². The molecular formula is C14H22N2O. The topological polar surface area (TPSA) is 55.1 Å². The number of hydrogen-bond acceptors (Lipinski definition) is 2. The van der Waals surface area contributed by atoms with Crippen LogP contribution >= 0.6 is 0 Å². The van der Waals surface area contributed by atoms with Crippen LogP contribution in [0.15, 0.2) is 18.2 Å². The van der Waals surface area contributed by atoms with Crippen molar-refractivity contribution in [2.24, 2.45) is 11.7 Å². The second kappa shape index (κ2) is 5.82. The summed E-state index contributed by atoms with van der Waals surface area (Å²) in [5.74, 6) is 0.322. The van der Waals surface area contributed by atoms with Crippen LogP contribution in [0.25, 0.3) is 0 Å². The number of aryl methyl sites for hydroxylation is 2. The number of carbonyl (C=O) groups is 1. The minimum absolute atomic E-state index is 0.00450. The molecule has 17 heavy (non-hydrogen) atoms. The van der Waals surface area contributed by atoms with Gasteiger partial charge in [0.15, 0.2) is 0 Å². The van der Waals surface area contributed by atoms with Crippen LogP contribution in [0.2, 0.25) is 0 Å². The predicted molar refractivity (Wildman–Crippen MR) is 71.1 cm³/mol. The quantitative estimate of drug-likeness (QED) is 0.837. The van der Waals surface area contributed by atoms with Crippen molar-refractivity contribution in [3.8, 4) is 0 Å². The van der Waals surface area contributed by atoms with Crippen LogP contribution in [-0.4, -0.2) is 18.5 Å². The Bertz CT molecular complexity index is 379. The van der Waals surface area contributed by atoms with E-state index in [0.29, 0.717) is 18.0 Å². The highest BCUT2D eigenvalue weighted by molar-refractivity contribution is 5.94. The Hall–Kier alpha value is -1.35. The molecule has 0 bridgehead atoms. The van der Waals surface area contributed by atoms with Gasteiger partial charge in [-0.1, -0.05) is 31.0 Å². The normalized spacial score (nSPS) is 12.6. The fraction of sp³-hybridized carbons (Fsp3) is 0.500. The van der Waals surface area contributed by atoms with Crippen molar-refractivity contribution < 1.29 is 4.79 Å². The van der Waals surface area contributed by atoms with Gasteiger partial charge in [-0.25, -0.2) is 0 Å². The second-order valence-corrected chi connectivity index (χ2v) is 4.99. The number of hydrogen-bond donors (Lipinski definition) is 2. The first-order valence-corrected chi connectivity index (χ1v) is 6.02. The third-order valence-electron chi connectivity index (χ3n) is 2.84. The molecule has 3 heteroatoms. The lowest BCUT2D eigenvalue weighted by Gasteiger charge is -2.16. The lowest BCUT2D eigenvalue weighted by Crippen LogP contribution is -2.40. The third kappa shape index (κ3) is 4.19. The summed E-state index contributed by atoms with van der Waals surface area (Å²) < 4.78 is 0. The molecule has 3 nitrogen and oxygen atoms in total. The second-order valence-electron chi connectivity index (χ2n) is 4.99. The molecule has 3 N–H and O–H groups in total. The molecule has 0 saturated carbocycles. The molecule has 1 atom stereocenters. The molecule has 0 heterocycles. The van der Waals surface area contributed by atoms with E-state index >= 15 is 0 Å². The summed E-state index contributed by atoms with van der Waals surface area (Å²) in [7, 11) is 0. The molecule has 94 valence electrons. The van der Waals surface area contributed by atoms with Gasteiger partial charge in [0.05, 0.1) is 0 Å². The first-order valence-electron chi connectivity index (χ1n) is 6.02. The highest BCUT2D eigenvalue weighted by Crippen LogP contribution is 2.08. The molecule has 0 spiro atoms. The molecule has 1 unspecified atom stereocenters. The van der Waals surface area contributed by atoms with Crippen LogP contribution in [-0.2, 0) is 0 Å². The first kappa shape index (κ1) is 13.7. The van der Waals surface area contributed by atoms with Crippen LogP contribution in [0.3, 0.4) is 0 Å². The zero-order chi connectivity index (χ0) is 13.0. The molecule has 0 radical (unpaired) electrons. The summed E-state index contributed by atoms with van der Waals surface area (Å²) in [5.41, 5.74) is 8.80. The van der Waals surface area contributed by atoms with Gasteiger partial charge in [-0.2, -0.15) is 0 Å². The van der Waals surface area contributed by atoms with Crippen LogP contribution in [0.5, 0.6) is 0 Å². The first-order chi connectivity index (χ1) is 7.90. The average Bonchev–Trinajstić information content (AvgIpc) is 2.23. The average molecular weight is 234 g/mol. The zero-order valence-electron chi connectivity index (χ0n) is 11.1. The smallest absolute Gasteiger partial charge is 0.251 e. The Morgan fingerprint density at radius 3 is 2.24 bits per heavy atom. The fourth-order valence-electron chi connectivity index (χ4n) is 1.65. The molecule has 1 aromatic carbocycles. The highest BCUT2D eigenvalue weighted by Gasteiger charge is 2.11. The van der Waals surface area contributed by atoms with Crippen molar-refractivity contribution in [3.63, 3.8) is 0 Å². The summed E-state index contributed by atoms with van der Waals surface area (Å²) in [4.78, 5) is 11.9. The molecule has 0 saturated heterocycles. The van der Waals surface area contributed by atoms with Crippen LogP contribution in [0, 0.1) is 19.8 Å². The molecule has 1 rings (SSSR count). The van der Waals surface area contributed by atoms with Gasteiger partial charge >= 0.3 is 0 Å². The van der Waals surface area contributed by atoms with E-state index in [4.69, 9.17) is 5.73 Å². The van der Waals surface area contributed by atoms with Gasteiger partial charge in [0.1, 0.15) is 0 Å². The molecule has 0 fully saturated rings. The van der Waals surface area contributed by atoms with Crippen LogP contribution in [0.1, 0.15) is 35.3 Å². The van der Waals surface area contributed by atoms with E-state index < -0.39 is 0 Å². The molecule has 0 aromatic heterocycles. The van der Waals surface area contributed by atoms with Gasteiger partial charge in [-0.15, -0.1) is 0 Å². The lowest BCUT2D eigenvalue weighted by molar-refractivity contribution is 0.0949. The van der Waals surface area contributed by atoms with E-state index in [2.05, 4.69) is 11.4 Å². The van der Waals surface area contributed by atoms with Crippen LogP contribution in [0.4, 0.5) is 0 Å². The standard InChI is InChI=1S/C14H22N2O/c1-9(2)13(15)8-16-14(17)12-6-10(3)5-11(4)7-12/h5-7,9,13H,8,15H2,1-4H3,(H,16,17). The van der Waals surface area contributed by atoms with Crippen molar-refractivity contribution in [1.82, 2.24) is 5.32 Å². The SMILES string of the molecule is Cc1cc(C)cc(C(=O)NCC(N)C(C)C)c1. The number of rotatable bonds is 4. The summed E-state index contributed by atoms with van der Waals surface area (Å²) in [6, 6.07) is 5.84. The van der Waals surface area contributed by atoms with Crippen LogP contribution < -0.4 is 11.1 Å². The van der Waals surface area contributed by atoms with Gasteiger partial charge in [0.2, 0.25) is 0 Å². The van der Waals surface area contributed by atoms with Gasteiger partial charge in [-0.05, 0) is 31.9 Å². The summed E-state index contributed by atoms with van der Waals surface area (Å²) in [5, 5.41) is 2.87. The Morgan fingerprint density at radius 1 is 1.24 bits per heavy atom. The van der Waals surface area contributed by atoms with E-state index in [-0.39, 0.29) is 11.9 Å². The van der Waals surface area contributed by atoms with Crippen molar-refractivity contribution in [1.29, 1.82) is 0 Å². The van der Waals surface area contributed by atoms with Crippen molar-refractivity contribution >= 4 is 5.91 Å². The van der Waals surface area contributed by atoms with E-state index in [1.165, 1.54) is 0 Å². The largest absolute Gasteiger partial charge is 0.350 e. The zero-order valence-corrected chi connectivity index (χ0v) is 11.1. The van der Waals surface area contributed by atoms with Crippen molar-refractivity contribution in [3.05, 3.63) is 34.9 Å². The maximum absolute atomic E-state index is 11.9. The Kier molecular flexibility index (Phi) is 4.70. The summed E-state index contributed by atoms with van der Waals surface area (Å²) in [6.45, 7) is 8.60. The summed E-state index contributed by atoms with van der Waals surface area (Å²) >= 11 is 0. The van der Waals surface area contributed by atoms with Crippen molar-refractivity contribution in [2.45, 2.75) is 33.7 Å². The maximum Gasteiger partial charge on any atom is 0.251 e.